The first-order valence-electron chi connectivity index (χ1n) is 15.9. The number of fused-ring (bicyclic) bond motifs is 2. The summed E-state index contributed by atoms with van der Waals surface area (Å²) in [5.41, 5.74) is 0.652. The maximum atomic E-state index is 13.4. The molecule has 0 saturated carbocycles. The smallest absolute Gasteiger partial charge is 0.425 e. The molecular formula is C36H37F2N7O5. The van der Waals surface area contributed by atoms with Gasteiger partial charge in [-0.2, -0.15) is 4.90 Å². The number of aryl methyl sites for hydroxylation is 1. The van der Waals surface area contributed by atoms with Gasteiger partial charge in [-0.3, -0.25) is 4.79 Å². The van der Waals surface area contributed by atoms with E-state index in [-0.39, 0.29) is 5.82 Å². The first kappa shape index (κ1) is 34.2. The van der Waals surface area contributed by atoms with Gasteiger partial charge in [-0.1, -0.05) is 12.1 Å². The molecule has 4 heterocycles. The second kappa shape index (κ2) is 12.3. The second-order valence-corrected chi connectivity index (χ2v) is 14.1. The first-order chi connectivity index (χ1) is 23.4. The Kier molecular flexibility index (Phi) is 8.45. The van der Waals surface area contributed by atoms with Crippen LogP contribution in [0.25, 0.3) is 33.1 Å². The highest BCUT2D eigenvalue weighted by molar-refractivity contribution is 6.14. The van der Waals surface area contributed by atoms with Gasteiger partial charge in [0, 0.05) is 47.0 Å². The standard InChI is InChI=1S/C36H37F2N7O5/c1-34(2,3)49-32(47)45(33(48)50-35(4,5)6)30-25-11-10-24(16-21(25)12-14-40-30)41-28-13-15-39-29(42-28)23-9-8-22-17-27(43(7)26(22)18-23)31(46)44-19-36(37,38)20-44/h8-18H,19-20H2,1-7H3,(H,39,41,42). The van der Waals surface area contributed by atoms with Crippen LogP contribution in [-0.2, 0) is 16.5 Å². The molecule has 0 radical (unpaired) electrons. The number of aromatic nitrogens is 4. The number of alkyl halides is 2. The van der Waals surface area contributed by atoms with Crippen molar-refractivity contribution in [3.05, 3.63) is 72.7 Å². The van der Waals surface area contributed by atoms with E-state index in [1.807, 2.05) is 24.3 Å². The molecule has 0 aliphatic carbocycles. The summed E-state index contributed by atoms with van der Waals surface area (Å²) in [4.78, 5) is 54.8. The van der Waals surface area contributed by atoms with Crippen molar-refractivity contribution in [2.75, 3.05) is 23.3 Å². The molecule has 1 aliphatic heterocycles. The van der Waals surface area contributed by atoms with E-state index in [0.717, 1.165) is 20.7 Å². The van der Waals surface area contributed by atoms with Gasteiger partial charge in [0.1, 0.15) is 22.7 Å². The summed E-state index contributed by atoms with van der Waals surface area (Å²) in [6.07, 6.45) is 1.27. The van der Waals surface area contributed by atoms with E-state index in [9.17, 15) is 23.2 Å². The van der Waals surface area contributed by atoms with Gasteiger partial charge in [-0.25, -0.2) is 33.3 Å². The summed E-state index contributed by atoms with van der Waals surface area (Å²) in [5.74, 6) is -2.31. The molecule has 2 aromatic carbocycles. The van der Waals surface area contributed by atoms with E-state index < -0.39 is 48.3 Å². The van der Waals surface area contributed by atoms with Crippen molar-refractivity contribution in [1.82, 2.24) is 24.4 Å². The first-order valence-corrected chi connectivity index (χ1v) is 15.9. The number of anilines is 3. The van der Waals surface area contributed by atoms with Crippen LogP contribution in [0, 0.1) is 0 Å². The number of nitrogens with zero attached hydrogens (tertiary/aromatic N) is 6. The van der Waals surface area contributed by atoms with Crippen LogP contribution in [0.3, 0.4) is 0 Å². The van der Waals surface area contributed by atoms with Gasteiger partial charge < -0.3 is 24.3 Å². The third-order valence-corrected chi connectivity index (χ3v) is 7.69. The Bertz CT molecular complexity index is 2120. The van der Waals surface area contributed by atoms with Crippen LogP contribution in [0.5, 0.6) is 0 Å². The molecule has 0 atom stereocenters. The summed E-state index contributed by atoms with van der Waals surface area (Å²) < 4.78 is 39.5. The minimum Gasteiger partial charge on any atom is -0.443 e. The molecule has 0 bridgehead atoms. The van der Waals surface area contributed by atoms with Crippen molar-refractivity contribution >= 4 is 57.1 Å². The van der Waals surface area contributed by atoms with Crippen LogP contribution < -0.4 is 10.2 Å². The number of likely N-dealkylation sites (tertiary alicyclic amines) is 1. The molecule has 50 heavy (non-hydrogen) atoms. The zero-order valence-electron chi connectivity index (χ0n) is 28.7. The summed E-state index contributed by atoms with van der Waals surface area (Å²) in [5, 5.41) is 5.24. The van der Waals surface area contributed by atoms with Gasteiger partial charge in [0.2, 0.25) is 0 Å². The molecule has 3 aromatic heterocycles. The number of amides is 3. The van der Waals surface area contributed by atoms with E-state index in [4.69, 9.17) is 14.5 Å². The van der Waals surface area contributed by atoms with E-state index >= 15 is 0 Å². The van der Waals surface area contributed by atoms with Gasteiger partial charge in [0.05, 0.1) is 13.1 Å². The molecule has 3 amide bonds. The molecule has 12 nitrogen and oxygen atoms in total. The number of halogens is 2. The molecule has 1 N–H and O–H groups in total. The highest BCUT2D eigenvalue weighted by atomic mass is 19.3. The molecule has 260 valence electrons. The summed E-state index contributed by atoms with van der Waals surface area (Å²) in [7, 11) is 1.72. The number of nitrogens with one attached hydrogen (secondary N) is 1. The predicted octanol–water partition coefficient (Wildman–Crippen LogP) is 7.69. The van der Waals surface area contributed by atoms with Crippen molar-refractivity contribution in [1.29, 1.82) is 0 Å². The van der Waals surface area contributed by atoms with Crippen LogP contribution in [0.2, 0.25) is 0 Å². The van der Waals surface area contributed by atoms with E-state index in [0.29, 0.717) is 39.4 Å². The quantitative estimate of drug-likeness (QED) is 0.198. The number of carbonyl (C=O) groups excluding carboxylic acids is 3. The highest BCUT2D eigenvalue weighted by Gasteiger charge is 2.47. The van der Waals surface area contributed by atoms with E-state index in [2.05, 4.69) is 15.3 Å². The van der Waals surface area contributed by atoms with Gasteiger partial charge in [-0.05, 0) is 89.4 Å². The maximum absolute atomic E-state index is 13.4. The Hall–Kier alpha value is -5.66. The Morgan fingerprint density at radius 2 is 1.50 bits per heavy atom. The van der Waals surface area contributed by atoms with Crippen LogP contribution in [0.1, 0.15) is 52.0 Å². The zero-order valence-corrected chi connectivity index (χ0v) is 28.7. The number of carbonyl (C=O) groups is 3. The van der Waals surface area contributed by atoms with Crippen molar-refractivity contribution in [3.63, 3.8) is 0 Å². The van der Waals surface area contributed by atoms with Crippen molar-refractivity contribution in [3.8, 4) is 11.4 Å². The lowest BCUT2D eigenvalue weighted by molar-refractivity contribution is -0.113. The topological polar surface area (TPSA) is 132 Å². The van der Waals surface area contributed by atoms with Gasteiger partial charge >= 0.3 is 12.2 Å². The third-order valence-electron chi connectivity index (χ3n) is 7.69. The molecule has 1 saturated heterocycles. The zero-order chi connectivity index (χ0) is 36.2. The number of hydrogen-bond acceptors (Lipinski definition) is 9. The fraction of sp³-hybridized carbons (Fsp3) is 0.333. The van der Waals surface area contributed by atoms with Crippen molar-refractivity contribution in [2.45, 2.75) is 58.7 Å². The Morgan fingerprint density at radius 3 is 2.14 bits per heavy atom. The van der Waals surface area contributed by atoms with E-state index in [1.165, 1.54) is 6.20 Å². The fourth-order valence-corrected chi connectivity index (χ4v) is 5.49. The summed E-state index contributed by atoms with van der Waals surface area (Å²) >= 11 is 0. The summed E-state index contributed by atoms with van der Waals surface area (Å²) in [6.45, 7) is 9.03. The number of imide groups is 1. The second-order valence-electron chi connectivity index (χ2n) is 14.1. The Balaban J connectivity index is 1.26. The van der Waals surface area contributed by atoms with Crippen LogP contribution in [0.15, 0.2) is 67.0 Å². The summed E-state index contributed by atoms with van der Waals surface area (Å²) in [6, 6.07) is 16.0. The number of ether oxygens (including phenoxy) is 2. The predicted molar refractivity (Wildman–Crippen MR) is 185 cm³/mol. The number of pyridine rings is 1. The molecule has 0 spiro atoms. The largest absolute Gasteiger partial charge is 0.443 e. The normalized spacial score (nSPS) is 14.3. The average Bonchev–Trinajstić information content (AvgIpc) is 3.33. The molecule has 6 rings (SSSR count). The lowest BCUT2D eigenvalue weighted by atomic mass is 10.1. The lowest BCUT2D eigenvalue weighted by Gasteiger charge is -2.38. The average molecular weight is 686 g/mol. The Labute approximate surface area is 287 Å². The maximum Gasteiger partial charge on any atom is 0.425 e. The van der Waals surface area contributed by atoms with Gasteiger partial charge in [0.15, 0.2) is 11.6 Å². The SMILES string of the molecule is Cn1c(C(=O)N2CC(F)(F)C2)cc2ccc(-c3nccc(Nc4ccc5c(N(C(=O)OC(C)(C)C)C(=O)OC(C)(C)C)nccc5c4)n3)cc21. The molecule has 14 heteroatoms. The lowest BCUT2D eigenvalue weighted by Crippen LogP contribution is -2.58. The molecule has 5 aromatic rings. The minimum absolute atomic E-state index is 0.0608. The molecular weight excluding hydrogens is 648 g/mol. The number of rotatable bonds is 5. The van der Waals surface area contributed by atoms with Crippen molar-refractivity contribution in [2.24, 2.45) is 7.05 Å². The number of hydrogen-bond donors (Lipinski definition) is 1. The molecule has 1 aliphatic rings. The highest BCUT2D eigenvalue weighted by Crippen LogP contribution is 2.33. The minimum atomic E-state index is -2.85. The van der Waals surface area contributed by atoms with Crippen LogP contribution >= 0.6 is 0 Å². The van der Waals surface area contributed by atoms with Gasteiger partial charge in [0.25, 0.3) is 11.8 Å². The van der Waals surface area contributed by atoms with Gasteiger partial charge in [-0.15, -0.1) is 0 Å². The van der Waals surface area contributed by atoms with Crippen molar-refractivity contribution < 1.29 is 32.6 Å². The van der Waals surface area contributed by atoms with E-state index in [1.54, 1.807) is 89.7 Å². The fourth-order valence-electron chi connectivity index (χ4n) is 5.49. The monoisotopic (exact) mass is 685 g/mol. The molecule has 1 fully saturated rings. The Morgan fingerprint density at radius 1 is 0.840 bits per heavy atom. The molecule has 0 unspecified atom stereocenters. The third kappa shape index (κ3) is 7.19. The number of benzene rings is 2. The van der Waals surface area contributed by atoms with Crippen LogP contribution in [0.4, 0.5) is 35.7 Å². The van der Waals surface area contributed by atoms with Crippen LogP contribution in [-0.4, -0.2) is 72.7 Å².